The van der Waals surface area contributed by atoms with E-state index in [0.29, 0.717) is 12.1 Å². The second-order valence-electron chi connectivity index (χ2n) is 8.55. The molecule has 168 valence electrons. The molecule has 4 amide bonds. The molecule has 2 aromatic rings. The molecule has 3 rings (SSSR count). The predicted molar refractivity (Wildman–Crippen MR) is 117 cm³/mol. The van der Waals surface area contributed by atoms with E-state index >= 15 is 0 Å². The van der Waals surface area contributed by atoms with Crippen molar-refractivity contribution >= 4 is 23.8 Å². The number of ether oxygens (including phenoxy) is 1. The van der Waals surface area contributed by atoms with Gasteiger partial charge in [0, 0.05) is 12.1 Å². The smallest absolute Gasteiger partial charge is 0.338 e. The van der Waals surface area contributed by atoms with Crippen LogP contribution in [0, 0.1) is 0 Å². The van der Waals surface area contributed by atoms with E-state index in [4.69, 9.17) is 4.74 Å². The third-order valence-corrected chi connectivity index (χ3v) is 5.09. The van der Waals surface area contributed by atoms with Crippen LogP contribution in [0.1, 0.15) is 42.3 Å². The highest BCUT2D eigenvalue weighted by Crippen LogP contribution is 2.18. The first-order chi connectivity index (χ1) is 15.1. The highest BCUT2D eigenvalue weighted by Gasteiger charge is 2.29. The summed E-state index contributed by atoms with van der Waals surface area (Å²) in [6.07, 6.45) is 0. The first kappa shape index (κ1) is 23.0. The number of nitrogens with one attached hydrogen (secondary N) is 1. The quantitative estimate of drug-likeness (QED) is 0.531. The van der Waals surface area contributed by atoms with Crippen molar-refractivity contribution in [2.24, 2.45) is 0 Å². The van der Waals surface area contributed by atoms with Gasteiger partial charge in [-0.3, -0.25) is 14.5 Å². The van der Waals surface area contributed by atoms with Crippen LogP contribution in [0.4, 0.5) is 4.79 Å². The number of carbonyl (C=O) groups is 4. The summed E-state index contributed by atoms with van der Waals surface area (Å²) in [7, 11) is 0. The van der Waals surface area contributed by atoms with Crippen molar-refractivity contribution in [1.82, 2.24) is 15.1 Å². The fourth-order valence-corrected chi connectivity index (χ4v) is 3.30. The van der Waals surface area contributed by atoms with Crippen molar-refractivity contribution in [2.75, 3.05) is 13.2 Å². The van der Waals surface area contributed by atoms with E-state index in [-0.39, 0.29) is 37.1 Å². The normalized spacial score (nSPS) is 13.7. The fourth-order valence-electron chi connectivity index (χ4n) is 3.30. The molecule has 1 heterocycles. The summed E-state index contributed by atoms with van der Waals surface area (Å²) in [6.45, 7) is 5.95. The van der Waals surface area contributed by atoms with Gasteiger partial charge in [0.15, 0.2) is 6.61 Å². The fraction of sp³-hybridized carbons (Fsp3) is 0.333. The van der Waals surface area contributed by atoms with E-state index in [9.17, 15) is 19.2 Å². The Morgan fingerprint density at radius 2 is 1.66 bits per heavy atom. The molecule has 2 aromatic carbocycles. The third-order valence-electron chi connectivity index (χ3n) is 5.09. The van der Waals surface area contributed by atoms with Gasteiger partial charge in [0.1, 0.15) is 0 Å². The highest BCUT2D eigenvalue weighted by molar-refractivity contribution is 6.01. The Kier molecular flexibility index (Phi) is 6.92. The molecule has 0 bridgehead atoms. The van der Waals surface area contributed by atoms with Crippen LogP contribution in [0.25, 0.3) is 0 Å². The van der Waals surface area contributed by atoms with Crippen molar-refractivity contribution in [2.45, 2.75) is 39.4 Å². The molecule has 1 aliphatic rings. The minimum Gasteiger partial charge on any atom is -0.452 e. The standard InChI is InChI=1S/C24H27N3O5/c1-24(2,3)27(15-17-7-5-4-6-8-17)21(29)16-32-22(30)19-11-9-18(10-12-19)14-26-20(28)13-25-23(26)31/h4-12H,13-16H2,1-3H3,(H,25,31). The van der Waals surface area contributed by atoms with Crippen LogP contribution >= 0.6 is 0 Å². The summed E-state index contributed by atoms with van der Waals surface area (Å²) in [5, 5.41) is 2.46. The van der Waals surface area contributed by atoms with Gasteiger partial charge in [-0.25, -0.2) is 9.59 Å². The van der Waals surface area contributed by atoms with Crippen molar-refractivity contribution in [3.63, 3.8) is 0 Å². The van der Waals surface area contributed by atoms with E-state index in [2.05, 4.69) is 5.32 Å². The van der Waals surface area contributed by atoms with E-state index in [1.165, 1.54) is 0 Å². The van der Waals surface area contributed by atoms with Crippen molar-refractivity contribution in [3.8, 4) is 0 Å². The van der Waals surface area contributed by atoms with Gasteiger partial charge in [-0.2, -0.15) is 0 Å². The summed E-state index contributed by atoms with van der Waals surface area (Å²) in [5.41, 5.74) is 1.53. The van der Waals surface area contributed by atoms with Crippen molar-refractivity contribution < 1.29 is 23.9 Å². The molecular weight excluding hydrogens is 410 g/mol. The molecule has 1 saturated heterocycles. The second kappa shape index (κ2) is 9.64. The second-order valence-corrected chi connectivity index (χ2v) is 8.55. The number of urea groups is 1. The lowest BCUT2D eigenvalue weighted by atomic mass is 10.0. The minimum atomic E-state index is -0.617. The number of hydrogen-bond acceptors (Lipinski definition) is 5. The summed E-state index contributed by atoms with van der Waals surface area (Å²) in [4.78, 5) is 51.3. The molecule has 1 aliphatic heterocycles. The van der Waals surface area contributed by atoms with Crippen LogP contribution in [-0.2, 0) is 27.4 Å². The number of nitrogens with zero attached hydrogens (tertiary/aromatic N) is 2. The number of carbonyl (C=O) groups excluding carboxylic acids is 4. The molecule has 0 aromatic heterocycles. The average molecular weight is 437 g/mol. The van der Waals surface area contributed by atoms with Gasteiger partial charge < -0.3 is 15.0 Å². The van der Waals surface area contributed by atoms with Crippen LogP contribution in [-0.4, -0.2) is 52.3 Å². The van der Waals surface area contributed by atoms with Crippen LogP contribution in [0.3, 0.4) is 0 Å². The molecular formula is C24H27N3O5. The summed E-state index contributed by atoms with van der Waals surface area (Å²) in [5.74, 6) is -1.20. The van der Waals surface area contributed by atoms with Gasteiger partial charge in [0.25, 0.3) is 5.91 Å². The molecule has 0 aliphatic carbocycles. The predicted octanol–water partition coefficient (Wildman–Crippen LogP) is 2.72. The Morgan fingerprint density at radius 3 is 2.22 bits per heavy atom. The monoisotopic (exact) mass is 437 g/mol. The number of hydrogen-bond donors (Lipinski definition) is 1. The lowest BCUT2D eigenvalue weighted by Gasteiger charge is -2.35. The first-order valence-corrected chi connectivity index (χ1v) is 10.3. The Morgan fingerprint density at radius 1 is 1.00 bits per heavy atom. The van der Waals surface area contributed by atoms with E-state index < -0.39 is 17.5 Å². The highest BCUT2D eigenvalue weighted by atomic mass is 16.5. The van der Waals surface area contributed by atoms with Crippen molar-refractivity contribution in [3.05, 3.63) is 71.3 Å². The molecule has 0 radical (unpaired) electrons. The summed E-state index contributed by atoms with van der Waals surface area (Å²) < 4.78 is 5.25. The van der Waals surface area contributed by atoms with Gasteiger partial charge in [-0.1, -0.05) is 42.5 Å². The number of rotatable bonds is 7. The van der Waals surface area contributed by atoms with E-state index in [1.807, 2.05) is 51.1 Å². The van der Waals surface area contributed by atoms with Crippen LogP contribution in [0.2, 0.25) is 0 Å². The lowest BCUT2D eigenvalue weighted by Crippen LogP contribution is -2.46. The van der Waals surface area contributed by atoms with Crippen LogP contribution in [0.15, 0.2) is 54.6 Å². The minimum absolute atomic E-state index is 0.00682. The Labute approximate surface area is 187 Å². The molecule has 0 saturated carbocycles. The maximum Gasteiger partial charge on any atom is 0.338 e. The Balaban J connectivity index is 1.58. The average Bonchev–Trinajstić information content (AvgIpc) is 3.08. The molecule has 1 fully saturated rings. The molecule has 0 spiro atoms. The van der Waals surface area contributed by atoms with Gasteiger partial charge >= 0.3 is 12.0 Å². The SMILES string of the molecule is CC(C)(C)N(Cc1ccccc1)C(=O)COC(=O)c1ccc(CN2C(=O)CNC2=O)cc1. The van der Waals surface area contributed by atoms with Gasteiger partial charge in [-0.15, -0.1) is 0 Å². The van der Waals surface area contributed by atoms with Crippen LogP contribution < -0.4 is 5.32 Å². The van der Waals surface area contributed by atoms with Crippen LogP contribution in [0.5, 0.6) is 0 Å². The number of amides is 4. The van der Waals surface area contributed by atoms with Gasteiger partial charge in [-0.05, 0) is 44.0 Å². The van der Waals surface area contributed by atoms with E-state index in [0.717, 1.165) is 10.5 Å². The molecule has 0 atom stereocenters. The lowest BCUT2D eigenvalue weighted by molar-refractivity contribution is -0.140. The van der Waals surface area contributed by atoms with E-state index in [1.54, 1.807) is 29.2 Å². The topological polar surface area (TPSA) is 96.0 Å². The zero-order chi connectivity index (χ0) is 23.3. The Hall–Kier alpha value is -3.68. The number of benzene rings is 2. The molecule has 8 heteroatoms. The molecule has 0 unspecified atom stereocenters. The summed E-state index contributed by atoms with van der Waals surface area (Å²) >= 11 is 0. The summed E-state index contributed by atoms with van der Waals surface area (Å²) in [6, 6.07) is 15.6. The maximum atomic E-state index is 12.8. The molecule has 32 heavy (non-hydrogen) atoms. The zero-order valence-electron chi connectivity index (χ0n) is 18.5. The molecule has 1 N–H and O–H groups in total. The number of imide groups is 1. The largest absolute Gasteiger partial charge is 0.452 e. The maximum absolute atomic E-state index is 12.8. The zero-order valence-corrected chi connectivity index (χ0v) is 18.5. The van der Waals surface area contributed by atoms with Gasteiger partial charge in [0.2, 0.25) is 5.91 Å². The number of esters is 1. The van der Waals surface area contributed by atoms with Gasteiger partial charge in [0.05, 0.1) is 18.7 Å². The molecule has 8 nitrogen and oxygen atoms in total. The third kappa shape index (κ3) is 5.72. The van der Waals surface area contributed by atoms with Crippen molar-refractivity contribution in [1.29, 1.82) is 0 Å². The Bertz CT molecular complexity index is 981. The first-order valence-electron chi connectivity index (χ1n) is 10.3.